The van der Waals surface area contributed by atoms with Gasteiger partial charge in [0.1, 0.15) is 4.99 Å². The molecule has 1 rings (SSSR count). The average molecular weight is 279 g/mol. The molecule has 0 amide bonds. The summed E-state index contributed by atoms with van der Waals surface area (Å²) >= 11 is 5.13. The summed E-state index contributed by atoms with van der Waals surface area (Å²) in [4.78, 5) is 2.63. The molecule has 1 aromatic rings. The molecule has 1 unspecified atom stereocenters. The van der Waals surface area contributed by atoms with Crippen LogP contribution in [0.5, 0.6) is 0 Å². The van der Waals surface area contributed by atoms with Crippen molar-refractivity contribution in [2.24, 2.45) is 11.7 Å². The van der Waals surface area contributed by atoms with Crippen LogP contribution in [-0.4, -0.2) is 36.6 Å². The third kappa shape index (κ3) is 4.80. The van der Waals surface area contributed by atoms with Gasteiger partial charge in [-0.2, -0.15) is 0 Å². The van der Waals surface area contributed by atoms with E-state index < -0.39 is 0 Å². The zero-order chi connectivity index (χ0) is 14.6. The van der Waals surface area contributed by atoms with Crippen LogP contribution in [0, 0.1) is 12.8 Å². The van der Waals surface area contributed by atoms with Crippen molar-refractivity contribution in [1.82, 2.24) is 4.90 Å². The maximum Gasteiger partial charge on any atom is 0.106 e. The molecule has 3 N–H and O–H groups in total. The molecule has 0 spiro atoms. The quantitative estimate of drug-likeness (QED) is 0.786. The number of likely N-dealkylation sites (N-methyl/N-ethyl adjacent to an activating group) is 1. The predicted molar refractivity (Wildman–Crippen MR) is 87.9 cm³/mol. The fraction of sp³-hybridized carbons (Fsp3) is 0.533. The fourth-order valence-electron chi connectivity index (χ4n) is 2.01. The van der Waals surface area contributed by atoms with Crippen molar-refractivity contribution in [3.05, 3.63) is 29.3 Å². The first-order chi connectivity index (χ1) is 8.81. The number of nitrogens with zero attached hydrogens (tertiary/aromatic N) is 1. The lowest BCUT2D eigenvalue weighted by Gasteiger charge is -2.27. The largest absolute Gasteiger partial charge is 0.389 e. The number of nitrogens with two attached hydrogens (primary N) is 1. The van der Waals surface area contributed by atoms with E-state index in [1.165, 1.54) is 5.56 Å². The van der Waals surface area contributed by atoms with Crippen molar-refractivity contribution in [2.45, 2.75) is 26.8 Å². The van der Waals surface area contributed by atoms with Gasteiger partial charge in [-0.3, -0.25) is 0 Å². The highest BCUT2D eigenvalue weighted by molar-refractivity contribution is 7.80. The molecule has 0 saturated heterocycles. The molecule has 4 heteroatoms. The number of hydrogen-bond acceptors (Lipinski definition) is 3. The second-order valence-electron chi connectivity index (χ2n) is 5.67. The average Bonchev–Trinajstić information content (AvgIpc) is 2.26. The molecule has 0 radical (unpaired) electrons. The van der Waals surface area contributed by atoms with E-state index in [-0.39, 0.29) is 0 Å². The first kappa shape index (κ1) is 15.9. The van der Waals surface area contributed by atoms with Crippen LogP contribution >= 0.6 is 12.2 Å². The third-order valence-electron chi connectivity index (χ3n) is 3.15. The van der Waals surface area contributed by atoms with E-state index in [0.29, 0.717) is 16.9 Å². The Bertz CT molecular complexity index is 441. The van der Waals surface area contributed by atoms with Crippen LogP contribution < -0.4 is 11.1 Å². The highest BCUT2D eigenvalue weighted by atomic mass is 32.1. The summed E-state index contributed by atoms with van der Waals surface area (Å²) in [6, 6.07) is 6.51. The smallest absolute Gasteiger partial charge is 0.106 e. The molecule has 0 saturated carbocycles. The number of hydrogen-bond donors (Lipinski definition) is 2. The van der Waals surface area contributed by atoms with Crippen LogP contribution in [0.1, 0.15) is 25.0 Å². The Labute approximate surface area is 122 Å². The molecule has 0 fully saturated rings. The van der Waals surface area contributed by atoms with Crippen molar-refractivity contribution >= 4 is 22.9 Å². The van der Waals surface area contributed by atoms with Gasteiger partial charge in [-0.25, -0.2) is 0 Å². The van der Waals surface area contributed by atoms with Gasteiger partial charge in [0.05, 0.1) is 0 Å². The lowest BCUT2D eigenvalue weighted by Crippen LogP contribution is -2.37. The van der Waals surface area contributed by atoms with Crippen LogP contribution in [0.25, 0.3) is 0 Å². The SMILES string of the molecule is Cc1ccc(C(N)=S)c(NC(CN(C)C)C(C)C)c1. The predicted octanol–water partition coefficient (Wildman–Crippen LogP) is 2.63. The maximum atomic E-state index is 5.80. The van der Waals surface area contributed by atoms with Crippen molar-refractivity contribution in [1.29, 1.82) is 0 Å². The summed E-state index contributed by atoms with van der Waals surface area (Å²) in [6.07, 6.45) is 0. The number of benzene rings is 1. The summed E-state index contributed by atoms with van der Waals surface area (Å²) < 4.78 is 0. The lowest BCUT2D eigenvalue weighted by atomic mass is 10.0. The van der Waals surface area contributed by atoms with Crippen LogP contribution in [0.4, 0.5) is 5.69 Å². The monoisotopic (exact) mass is 279 g/mol. The Kier molecular flexibility index (Phi) is 5.76. The normalized spacial score (nSPS) is 12.8. The second-order valence-corrected chi connectivity index (χ2v) is 6.11. The van der Waals surface area contributed by atoms with Crippen LogP contribution in [0.3, 0.4) is 0 Å². The molecule has 19 heavy (non-hydrogen) atoms. The van der Waals surface area contributed by atoms with Crippen molar-refractivity contribution in [2.75, 3.05) is 26.0 Å². The number of aryl methyl sites for hydroxylation is 1. The maximum absolute atomic E-state index is 5.80. The molecule has 0 aliphatic rings. The van der Waals surface area contributed by atoms with Crippen LogP contribution in [0.2, 0.25) is 0 Å². The Morgan fingerprint density at radius 1 is 1.37 bits per heavy atom. The molecule has 0 aliphatic carbocycles. The molecule has 0 heterocycles. The van der Waals surface area contributed by atoms with E-state index in [9.17, 15) is 0 Å². The van der Waals surface area contributed by atoms with Crippen LogP contribution in [-0.2, 0) is 0 Å². The molecule has 0 bridgehead atoms. The molecule has 0 aromatic heterocycles. The standard InChI is InChI=1S/C15H25N3S/c1-10(2)14(9-18(4)5)17-13-8-11(3)6-7-12(13)15(16)19/h6-8,10,14,17H,9H2,1-5H3,(H2,16,19). The van der Waals surface area contributed by atoms with Gasteiger partial charge < -0.3 is 16.0 Å². The van der Waals surface area contributed by atoms with E-state index in [1.54, 1.807) is 0 Å². The zero-order valence-corrected chi connectivity index (χ0v) is 13.3. The van der Waals surface area contributed by atoms with Gasteiger partial charge in [0, 0.05) is 23.8 Å². The fourth-order valence-corrected chi connectivity index (χ4v) is 2.19. The van der Waals surface area contributed by atoms with E-state index in [4.69, 9.17) is 18.0 Å². The van der Waals surface area contributed by atoms with E-state index in [0.717, 1.165) is 17.8 Å². The Morgan fingerprint density at radius 3 is 2.47 bits per heavy atom. The molecular formula is C15H25N3S. The van der Waals surface area contributed by atoms with Gasteiger partial charge in [-0.1, -0.05) is 32.1 Å². The van der Waals surface area contributed by atoms with Gasteiger partial charge in [0.2, 0.25) is 0 Å². The summed E-state index contributed by atoms with van der Waals surface area (Å²) in [6.45, 7) is 7.49. The first-order valence-electron chi connectivity index (χ1n) is 6.63. The molecule has 106 valence electrons. The lowest BCUT2D eigenvalue weighted by molar-refractivity contribution is 0.344. The second kappa shape index (κ2) is 6.87. The Morgan fingerprint density at radius 2 is 2.00 bits per heavy atom. The molecule has 1 aromatic carbocycles. The molecule has 0 aliphatic heterocycles. The summed E-state index contributed by atoms with van der Waals surface area (Å²) in [5.74, 6) is 0.530. The summed E-state index contributed by atoms with van der Waals surface area (Å²) in [5, 5.41) is 3.59. The minimum absolute atomic E-state index is 0.366. The number of thiocarbonyl (C=S) groups is 1. The minimum atomic E-state index is 0.366. The van der Waals surface area contributed by atoms with Gasteiger partial charge in [-0.15, -0.1) is 0 Å². The number of anilines is 1. The van der Waals surface area contributed by atoms with Gasteiger partial charge in [0.25, 0.3) is 0 Å². The number of nitrogens with one attached hydrogen (secondary N) is 1. The van der Waals surface area contributed by atoms with Crippen molar-refractivity contribution < 1.29 is 0 Å². The first-order valence-corrected chi connectivity index (χ1v) is 7.03. The highest BCUT2D eigenvalue weighted by Gasteiger charge is 2.16. The van der Waals surface area contributed by atoms with E-state index >= 15 is 0 Å². The Balaban J connectivity index is 3.01. The topological polar surface area (TPSA) is 41.3 Å². The summed E-state index contributed by atoms with van der Waals surface area (Å²) in [7, 11) is 4.17. The van der Waals surface area contributed by atoms with E-state index in [2.05, 4.69) is 51.1 Å². The molecule has 1 atom stereocenters. The minimum Gasteiger partial charge on any atom is -0.389 e. The van der Waals surface area contributed by atoms with Gasteiger partial charge >= 0.3 is 0 Å². The van der Waals surface area contributed by atoms with Crippen molar-refractivity contribution in [3.8, 4) is 0 Å². The van der Waals surface area contributed by atoms with Crippen LogP contribution in [0.15, 0.2) is 18.2 Å². The molecule has 3 nitrogen and oxygen atoms in total. The van der Waals surface area contributed by atoms with E-state index in [1.807, 2.05) is 12.1 Å². The van der Waals surface area contributed by atoms with Gasteiger partial charge in [-0.05, 0) is 44.6 Å². The zero-order valence-electron chi connectivity index (χ0n) is 12.5. The third-order valence-corrected chi connectivity index (χ3v) is 3.37. The Hall–Kier alpha value is -1.13. The summed E-state index contributed by atoms with van der Waals surface area (Å²) in [5.41, 5.74) is 8.96. The molecular weight excluding hydrogens is 254 g/mol. The van der Waals surface area contributed by atoms with Gasteiger partial charge in [0.15, 0.2) is 0 Å². The van der Waals surface area contributed by atoms with Crippen molar-refractivity contribution in [3.63, 3.8) is 0 Å². The number of rotatable bonds is 6. The highest BCUT2D eigenvalue weighted by Crippen LogP contribution is 2.20.